The Labute approximate surface area is 133 Å². The third-order valence-corrected chi connectivity index (χ3v) is 2.01. The van der Waals surface area contributed by atoms with Crippen LogP contribution in [0.1, 0.15) is 25.0 Å². The van der Waals surface area contributed by atoms with E-state index in [-0.39, 0.29) is 35.4 Å². The van der Waals surface area contributed by atoms with E-state index in [0.717, 1.165) is 0 Å². The standard InChI is InChI=1S/C11H13FO2.3CO.Cr/c1-8(13)7-11(14-2)9-5-3-4-6-10(9)12;3*1-2;/h3-6,11H,7H2,1-2H3;;;;. The first-order valence-corrected chi connectivity index (χ1v) is 5.03. The van der Waals surface area contributed by atoms with E-state index >= 15 is 0 Å². The summed E-state index contributed by atoms with van der Waals surface area (Å²) in [6, 6.07) is 6.33. The van der Waals surface area contributed by atoms with E-state index in [1.54, 1.807) is 18.2 Å². The average Bonchev–Trinajstić information content (AvgIpc) is 2.51. The number of methoxy groups -OCH3 is 1. The molecular weight excluding hydrogens is 319 g/mol. The molecule has 1 unspecified atom stereocenters. The Kier molecular flexibility index (Phi) is 27.6. The first-order chi connectivity index (χ1) is 9.65. The molecule has 0 fully saturated rings. The molecule has 1 aromatic carbocycles. The second-order valence-corrected chi connectivity index (χ2v) is 3.15. The number of Topliss-reactive ketones (excluding diaryl/α,β-unsaturated/α-hetero) is 1. The van der Waals surface area contributed by atoms with E-state index in [4.69, 9.17) is 18.7 Å². The van der Waals surface area contributed by atoms with Crippen molar-refractivity contribution in [3.05, 3.63) is 55.6 Å². The third kappa shape index (κ3) is 13.3. The van der Waals surface area contributed by atoms with Gasteiger partial charge in [0.05, 0.1) is 6.10 Å². The van der Waals surface area contributed by atoms with Crippen molar-refractivity contribution in [1.82, 2.24) is 0 Å². The summed E-state index contributed by atoms with van der Waals surface area (Å²) in [5.41, 5.74) is 0.435. The van der Waals surface area contributed by atoms with Gasteiger partial charge in [-0.3, -0.25) is 4.79 Å². The van der Waals surface area contributed by atoms with Crippen LogP contribution >= 0.6 is 0 Å². The number of ether oxygens (including phenoxy) is 1. The molecule has 0 aliphatic carbocycles. The van der Waals surface area contributed by atoms with Crippen LogP contribution in [0.2, 0.25) is 0 Å². The number of rotatable bonds is 4. The molecule has 0 bridgehead atoms. The molecular formula is C14H13CrFO5. The molecule has 0 N–H and O–H groups in total. The number of halogens is 1. The molecule has 0 saturated heterocycles. The van der Waals surface area contributed by atoms with E-state index in [0.29, 0.717) is 5.56 Å². The van der Waals surface area contributed by atoms with Gasteiger partial charge in [-0.15, -0.1) is 0 Å². The number of carbonyl (C=O) groups excluding carboxylic acids is 1. The van der Waals surface area contributed by atoms with Gasteiger partial charge in [-0.1, -0.05) is 18.2 Å². The number of carbonyl (C=O) groups is 1. The monoisotopic (exact) mass is 332 g/mol. The quantitative estimate of drug-likeness (QED) is 0.626. The minimum atomic E-state index is -0.478. The van der Waals surface area contributed by atoms with Crippen molar-refractivity contribution in [1.29, 1.82) is 0 Å². The van der Waals surface area contributed by atoms with Crippen LogP contribution in [0.3, 0.4) is 0 Å². The Morgan fingerprint density at radius 3 is 1.95 bits per heavy atom. The summed E-state index contributed by atoms with van der Waals surface area (Å²) < 4.78 is 40.9. The molecule has 0 radical (unpaired) electrons. The first-order valence-electron chi connectivity index (χ1n) is 5.03. The normalized spacial score (nSPS) is 8.62. The number of benzene rings is 1. The first kappa shape index (κ1) is 27.8. The number of ketones is 1. The minimum absolute atomic E-state index is 0. The largest absolute Gasteiger partial charge is 0 e. The minimum Gasteiger partial charge on any atom is 0 e. The van der Waals surface area contributed by atoms with E-state index in [9.17, 15) is 9.18 Å². The van der Waals surface area contributed by atoms with Crippen LogP contribution in [0.15, 0.2) is 24.3 Å². The molecule has 0 aromatic heterocycles. The molecule has 0 aliphatic rings. The smallest absolute Gasteiger partial charge is 0 e. The molecule has 21 heavy (non-hydrogen) atoms. The van der Waals surface area contributed by atoms with E-state index in [1.807, 2.05) is 0 Å². The van der Waals surface area contributed by atoms with Crippen LogP contribution in [0.5, 0.6) is 0 Å². The molecule has 7 heteroatoms. The number of hydrogen-bond donors (Lipinski definition) is 0. The maximum absolute atomic E-state index is 13.3. The van der Waals surface area contributed by atoms with Crippen LogP contribution in [0.25, 0.3) is 0 Å². The molecule has 0 spiro atoms. The van der Waals surface area contributed by atoms with Crippen molar-refractivity contribution in [2.75, 3.05) is 7.11 Å². The van der Waals surface area contributed by atoms with Gasteiger partial charge in [-0.2, -0.15) is 0 Å². The topological polar surface area (TPSA) is 86.0 Å². The molecule has 0 aliphatic heterocycles. The predicted molar refractivity (Wildman–Crippen MR) is 63.2 cm³/mol. The summed E-state index contributed by atoms with van der Waals surface area (Å²) >= 11 is 0. The summed E-state index contributed by atoms with van der Waals surface area (Å²) in [7, 11) is 1.47. The van der Waals surface area contributed by atoms with Crippen LogP contribution < -0.4 is 0 Å². The molecule has 0 heterocycles. The summed E-state index contributed by atoms with van der Waals surface area (Å²) in [5.74, 6) is -0.347. The van der Waals surface area contributed by atoms with Crippen molar-refractivity contribution in [3.63, 3.8) is 0 Å². The second kappa shape index (κ2) is 20.8. The fraction of sp³-hybridized carbons (Fsp3) is 0.286. The summed E-state index contributed by atoms with van der Waals surface area (Å²) in [6.45, 7) is 15.0. The van der Waals surface area contributed by atoms with Crippen molar-refractivity contribution in [2.24, 2.45) is 0 Å². The van der Waals surface area contributed by atoms with Gasteiger partial charge >= 0.3 is 33.9 Å². The van der Waals surface area contributed by atoms with Gasteiger partial charge in [0, 0.05) is 36.5 Å². The molecule has 0 saturated carbocycles. The number of hydrogen-bond acceptors (Lipinski definition) is 2. The summed E-state index contributed by atoms with van der Waals surface area (Å²) in [5, 5.41) is 0. The summed E-state index contributed by atoms with van der Waals surface area (Å²) in [4.78, 5) is 10.9. The Hall–Kier alpha value is -1.47. The van der Waals surface area contributed by atoms with Crippen molar-refractivity contribution >= 4 is 5.78 Å². The Bertz CT molecular complexity index is 428. The second-order valence-electron chi connectivity index (χ2n) is 3.15. The zero-order valence-corrected chi connectivity index (χ0v) is 12.7. The fourth-order valence-corrected chi connectivity index (χ4v) is 1.32. The molecule has 1 atom stereocenters. The van der Waals surface area contributed by atoms with Gasteiger partial charge in [0.2, 0.25) is 0 Å². The van der Waals surface area contributed by atoms with Crippen LogP contribution in [0, 0.1) is 25.8 Å². The van der Waals surface area contributed by atoms with Gasteiger partial charge in [-0.25, -0.2) is 4.39 Å². The maximum atomic E-state index is 13.3. The third-order valence-electron chi connectivity index (χ3n) is 2.01. The van der Waals surface area contributed by atoms with E-state index in [1.165, 1.54) is 20.1 Å². The van der Waals surface area contributed by atoms with Crippen LogP contribution in [0.4, 0.5) is 4.39 Å². The van der Waals surface area contributed by atoms with Crippen LogP contribution in [-0.2, 0) is 40.8 Å². The average molecular weight is 332 g/mol. The Morgan fingerprint density at radius 1 is 1.19 bits per heavy atom. The predicted octanol–water partition coefficient (Wildman–Crippen LogP) is 2.38. The van der Waals surface area contributed by atoms with Gasteiger partial charge in [0.1, 0.15) is 11.6 Å². The Morgan fingerprint density at radius 2 is 1.62 bits per heavy atom. The molecule has 112 valence electrons. The van der Waals surface area contributed by atoms with Gasteiger partial charge < -0.3 is 4.74 Å². The van der Waals surface area contributed by atoms with Crippen molar-refractivity contribution in [3.8, 4) is 0 Å². The van der Waals surface area contributed by atoms with Gasteiger partial charge in [0.15, 0.2) is 0 Å². The van der Waals surface area contributed by atoms with E-state index < -0.39 is 6.10 Å². The zero-order valence-electron chi connectivity index (χ0n) is 11.4. The van der Waals surface area contributed by atoms with Crippen molar-refractivity contribution in [2.45, 2.75) is 19.4 Å². The Balaban J connectivity index is -0.000000183. The zero-order chi connectivity index (χ0) is 16.6. The van der Waals surface area contributed by atoms with Crippen molar-refractivity contribution < 1.29 is 45.2 Å². The SMILES string of the molecule is COC(CC(C)=O)c1ccccc1F.[C-]#[O+].[C-]#[O+].[C-]#[O+].[Cr]. The molecule has 0 amide bonds. The van der Waals surface area contributed by atoms with Gasteiger partial charge in [0.25, 0.3) is 0 Å². The summed E-state index contributed by atoms with van der Waals surface area (Å²) in [6.07, 6.45) is -0.272. The van der Waals surface area contributed by atoms with Gasteiger partial charge in [-0.05, 0) is 13.0 Å². The molecule has 5 nitrogen and oxygen atoms in total. The molecule has 1 aromatic rings. The fourth-order valence-electron chi connectivity index (χ4n) is 1.32. The van der Waals surface area contributed by atoms with Crippen LogP contribution in [-0.4, -0.2) is 12.9 Å². The maximum Gasteiger partial charge on any atom is 0 e. The molecule has 1 rings (SSSR count). The van der Waals surface area contributed by atoms with E-state index in [2.05, 4.69) is 20.0 Å².